The Kier molecular flexibility index (Phi) is 4.53. The Bertz CT molecular complexity index is 626. The molecule has 114 valence electrons. The van der Waals surface area contributed by atoms with E-state index in [-0.39, 0.29) is 6.61 Å². The molecule has 0 saturated heterocycles. The summed E-state index contributed by atoms with van der Waals surface area (Å²) in [4.78, 5) is 14.8. The molecule has 5 nitrogen and oxygen atoms in total. The number of amides is 1. The minimum atomic E-state index is -0.485. The van der Waals surface area contributed by atoms with Gasteiger partial charge in [-0.15, -0.1) is 0 Å². The summed E-state index contributed by atoms with van der Waals surface area (Å²) in [6.07, 6.45) is 2.23. The summed E-state index contributed by atoms with van der Waals surface area (Å²) >= 11 is 0. The highest BCUT2D eigenvalue weighted by atomic mass is 16.6. The van der Waals surface area contributed by atoms with Gasteiger partial charge in [-0.25, -0.2) is 4.79 Å². The smallest absolute Gasteiger partial charge is 0.407 e. The van der Waals surface area contributed by atoms with Crippen LogP contribution in [-0.2, 0) is 17.8 Å². The van der Waals surface area contributed by atoms with Crippen molar-refractivity contribution in [1.29, 1.82) is 0 Å². The Morgan fingerprint density at radius 3 is 2.81 bits per heavy atom. The number of carbonyl (C=O) groups is 1. The molecule has 2 aromatic rings. The van der Waals surface area contributed by atoms with E-state index in [9.17, 15) is 9.90 Å². The standard InChI is InChI=1S/C16H22N2O3/c1-16(2,3)21-15(20)17-7-6-12-9-18-14-5-4-11(10-19)8-13(12)14/h4-5,8-9,18-19H,6-7,10H2,1-3H3,(H,17,20). The van der Waals surface area contributed by atoms with Crippen LogP contribution >= 0.6 is 0 Å². The fourth-order valence-electron chi connectivity index (χ4n) is 2.14. The molecular weight excluding hydrogens is 268 g/mol. The van der Waals surface area contributed by atoms with E-state index in [1.807, 2.05) is 45.2 Å². The molecule has 0 spiro atoms. The molecule has 3 N–H and O–H groups in total. The lowest BCUT2D eigenvalue weighted by atomic mass is 10.1. The summed E-state index contributed by atoms with van der Waals surface area (Å²) in [6, 6.07) is 5.81. The topological polar surface area (TPSA) is 74.3 Å². The lowest BCUT2D eigenvalue weighted by Gasteiger charge is -2.19. The molecule has 0 aliphatic heterocycles. The van der Waals surface area contributed by atoms with Crippen LogP contribution in [0.1, 0.15) is 31.9 Å². The molecule has 0 aliphatic rings. The van der Waals surface area contributed by atoms with E-state index >= 15 is 0 Å². The fourth-order valence-corrected chi connectivity index (χ4v) is 2.14. The lowest BCUT2D eigenvalue weighted by molar-refractivity contribution is 0.0528. The van der Waals surface area contributed by atoms with Crippen molar-refractivity contribution in [2.75, 3.05) is 6.54 Å². The number of ether oxygens (including phenoxy) is 1. The van der Waals surface area contributed by atoms with E-state index < -0.39 is 11.7 Å². The zero-order valence-corrected chi connectivity index (χ0v) is 12.7. The summed E-state index contributed by atoms with van der Waals surface area (Å²) in [5, 5.41) is 13.0. The van der Waals surface area contributed by atoms with Gasteiger partial charge < -0.3 is 20.1 Å². The molecule has 0 atom stereocenters. The van der Waals surface area contributed by atoms with Gasteiger partial charge in [-0.3, -0.25) is 0 Å². The van der Waals surface area contributed by atoms with Crippen LogP contribution in [0.2, 0.25) is 0 Å². The molecule has 1 aromatic carbocycles. The molecule has 0 saturated carbocycles. The van der Waals surface area contributed by atoms with Crippen LogP contribution in [0.5, 0.6) is 0 Å². The fraction of sp³-hybridized carbons (Fsp3) is 0.438. The van der Waals surface area contributed by atoms with E-state index in [0.717, 1.165) is 22.0 Å². The molecule has 0 radical (unpaired) electrons. The number of aliphatic hydroxyl groups excluding tert-OH is 1. The SMILES string of the molecule is CC(C)(C)OC(=O)NCCc1c[nH]c2ccc(CO)cc12. The summed E-state index contributed by atoms with van der Waals surface area (Å²) < 4.78 is 5.19. The van der Waals surface area contributed by atoms with Crippen LogP contribution in [-0.4, -0.2) is 28.3 Å². The van der Waals surface area contributed by atoms with Gasteiger partial charge >= 0.3 is 6.09 Å². The van der Waals surface area contributed by atoms with Gasteiger partial charge in [0.2, 0.25) is 0 Å². The molecule has 0 bridgehead atoms. The van der Waals surface area contributed by atoms with E-state index in [1.54, 1.807) is 0 Å². The number of alkyl carbamates (subject to hydrolysis) is 1. The number of H-pyrrole nitrogens is 1. The van der Waals surface area contributed by atoms with Crippen LogP contribution in [0, 0.1) is 0 Å². The van der Waals surface area contributed by atoms with Crippen molar-refractivity contribution < 1.29 is 14.6 Å². The van der Waals surface area contributed by atoms with Crippen molar-refractivity contribution >= 4 is 17.0 Å². The molecule has 5 heteroatoms. The number of nitrogens with one attached hydrogen (secondary N) is 2. The summed E-state index contributed by atoms with van der Waals surface area (Å²) in [5.41, 5.74) is 2.53. The van der Waals surface area contributed by atoms with Gasteiger partial charge in [0.15, 0.2) is 0 Å². The first kappa shape index (κ1) is 15.4. The Morgan fingerprint density at radius 2 is 2.14 bits per heavy atom. The van der Waals surface area contributed by atoms with Gasteiger partial charge in [0, 0.05) is 23.6 Å². The quantitative estimate of drug-likeness (QED) is 0.810. The van der Waals surface area contributed by atoms with E-state index in [2.05, 4.69) is 10.3 Å². The van der Waals surface area contributed by atoms with Crippen LogP contribution in [0.15, 0.2) is 24.4 Å². The number of aromatic nitrogens is 1. The van der Waals surface area contributed by atoms with Gasteiger partial charge in [0.05, 0.1) is 6.61 Å². The second-order valence-electron chi connectivity index (χ2n) is 6.03. The maximum Gasteiger partial charge on any atom is 0.407 e. The second kappa shape index (κ2) is 6.18. The molecule has 1 heterocycles. The minimum Gasteiger partial charge on any atom is -0.444 e. The monoisotopic (exact) mass is 290 g/mol. The number of rotatable bonds is 4. The molecule has 1 amide bonds. The van der Waals surface area contributed by atoms with Crippen molar-refractivity contribution in [2.45, 2.75) is 39.4 Å². The van der Waals surface area contributed by atoms with Gasteiger partial charge in [-0.2, -0.15) is 0 Å². The Labute approximate surface area is 124 Å². The van der Waals surface area contributed by atoms with Gasteiger partial charge in [-0.05, 0) is 50.5 Å². The number of hydrogen-bond donors (Lipinski definition) is 3. The van der Waals surface area contributed by atoms with Gasteiger partial charge in [-0.1, -0.05) is 6.07 Å². The first-order valence-electron chi connectivity index (χ1n) is 7.05. The maximum atomic E-state index is 11.6. The average Bonchev–Trinajstić information content (AvgIpc) is 2.79. The largest absolute Gasteiger partial charge is 0.444 e. The maximum absolute atomic E-state index is 11.6. The van der Waals surface area contributed by atoms with E-state index in [1.165, 1.54) is 0 Å². The van der Waals surface area contributed by atoms with E-state index in [4.69, 9.17) is 4.74 Å². The first-order valence-corrected chi connectivity index (χ1v) is 7.05. The molecular formula is C16H22N2O3. The molecule has 1 aromatic heterocycles. The number of aliphatic hydroxyl groups is 1. The third-order valence-electron chi connectivity index (χ3n) is 3.08. The van der Waals surface area contributed by atoms with Crippen LogP contribution in [0.25, 0.3) is 10.9 Å². The predicted molar refractivity (Wildman–Crippen MR) is 82.2 cm³/mol. The number of fused-ring (bicyclic) bond motifs is 1. The highest BCUT2D eigenvalue weighted by Crippen LogP contribution is 2.20. The normalized spacial score (nSPS) is 11.6. The molecule has 2 rings (SSSR count). The number of aromatic amines is 1. The Balaban J connectivity index is 1.96. The molecule has 0 aliphatic carbocycles. The average molecular weight is 290 g/mol. The van der Waals surface area contributed by atoms with E-state index in [0.29, 0.717) is 13.0 Å². The van der Waals surface area contributed by atoms with Crippen LogP contribution < -0.4 is 5.32 Å². The number of hydrogen-bond acceptors (Lipinski definition) is 3. The zero-order valence-electron chi connectivity index (χ0n) is 12.7. The Hall–Kier alpha value is -2.01. The number of carbonyl (C=O) groups excluding carboxylic acids is 1. The van der Waals surface area contributed by atoms with Crippen molar-refractivity contribution in [2.24, 2.45) is 0 Å². The first-order chi connectivity index (χ1) is 9.89. The summed E-state index contributed by atoms with van der Waals surface area (Å²) in [6.45, 7) is 6.04. The third-order valence-corrected chi connectivity index (χ3v) is 3.08. The van der Waals surface area contributed by atoms with Crippen LogP contribution in [0.4, 0.5) is 4.79 Å². The van der Waals surface area contributed by atoms with Crippen molar-refractivity contribution in [3.8, 4) is 0 Å². The second-order valence-corrected chi connectivity index (χ2v) is 6.03. The van der Waals surface area contributed by atoms with Crippen molar-refractivity contribution in [1.82, 2.24) is 10.3 Å². The van der Waals surface area contributed by atoms with Crippen molar-refractivity contribution in [3.05, 3.63) is 35.5 Å². The summed E-state index contributed by atoms with van der Waals surface area (Å²) in [5.74, 6) is 0. The molecule has 21 heavy (non-hydrogen) atoms. The molecule has 0 fully saturated rings. The van der Waals surface area contributed by atoms with Crippen LogP contribution in [0.3, 0.4) is 0 Å². The highest BCUT2D eigenvalue weighted by Gasteiger charge is 2.15. The zero-order chi connectivity index (χ0) is 15.5. The molecule has 0 unspecified atom stereocenters. The lowest BCUT2D eigenvalue weighted by Crippen LogP contribution is -2.33. The highest BCUT2D eigenvalue weighted by molar-refractivity contribution is 5.84. The predicted octanol–water partition coefficient (Wildman–Crippen LogP) is 2.73. The minimum absolute atomic E-state index is 0.0245. The van der Waals surface area contributed by atoms with Crippen molar-refractivity contribution in [3.63, 3.8) is 0 Å². The number of benzene rings is 1. The van der Waals surface area contributed by atoms with Gasteiger partial charge in [0.1, 0.15) is 5.60 Å². The van der Waals surface area contributed by atoms with Gasteiger partial charge in [0.25, 0.3) is 0 Å². The Morgan fingerprint density at radius 1 is 1.38 bits per heavy atom. The third kappa shape index (κ3) is 4.23. The summed E-state index contributed by atoms with van der Waals surface area (Å²) in [7, 11) is 0.